The average Bonchev–Trinajstić information content (AvgIpc) is 3.34. The summed E-state index contributed by atoms with van der Waals surface area (Å²) >= 11 is 4.18. The van der Waals surface area contributed by atoms with Crippen molar-refractivity contribution >= 4 is 20.5 Å². The molecule has 0 amide bonds. The van der Waals surface area contributed by atoms with Gasteiger partial charge in [0.1, 0.15) is 116 Å². The quantitative estimate of drug-likeness (QED) is 0.0229. The van der Waals surface area contributed by atoms with Crippen LogP contribution < -0.4 is 11.5 Å². The molecule has 5 aliphatic heterocycles. The zero-order valence-electron chi connectivity index (χ0n) is 37.7. The number of unbranched alkanes of at least 4 members (excludes halogenated alkanes) is 3. The van der Waals surface area contributed by atoms with Crippen LogP contribution in [0.15, 0.2) is 0 Å². The molecular formula is C38H71N2O28PS. The number of thiol groups is 1. The normalized spacial score (nSPS) is 45.9. The average molecular weight is 1070 g/mol. The summed E-state index contributed by atoms with van der Waals surface area (Å²) < 4.78 is 79.6. The highest BCUT2D eigenvalue weighted by molar-refractivity contribution is 7.80. The monoisotopic (exact) mass is 1070 g/mol. The summed E-state index contributed by atoms with van der Waals surface area (Å²) in [6.45, 7) is -4.91. The minimum absolute atomic E-state index is 0.197. The van der Waals surface area contributed by atoms with Crippen LogP contribution in [-0.4, -0.2) is 288 Å². The molecule has 5 saturated heterocycles. The van der Waals surface area contributed by atoms with Crippen LogP contribution in [0.1, 0.15) is 25.7 Å². The Bertz CT molecular complexity index is 1570. The number of ether oxygens (including phenoxy) is 10. The van der Waals surface area contributed by atoms with E-state index in [0.717, 1.165) is 25.0 Å². The Kier molecular flexibility index (Phi) is 24.1. The molecule has 5 heterocycles. The lowest BCUT2D eigenvalue weighted by Gasteiger charge is -2.49. The predicted molar refractivity (Wildman–Crippen MR) is 228 cm³/mol. The van der Waals surface area contributed by atoms with Crippen LogP contribution in [0.2, 0.25) is 0 Å². The fourth-order valence-corrected chi connectivity index (χ4v) is 9.15. The van der Waals surface area contributed by atoms with Gasteiger partial charge >= 0.3 is 7.82 Å². The number of aliphatic hydroxyl groups is 14. The van der Waals surface area contributed by atoms with Crippen molar-refractivity contribution in [1.82, 2.24) is 0 Å². The third kappa shape index (κ3) is 14.9. The van der Waals surface area contributed by atoms with Gasteiger partial charge in [-0.25, -0.2) is 4.57 Å². The molecule has 0 saturated carbocycles. The van der Waals surface area contributed by atoms with Gasteiger partial charge in [0.25, 0.3) is 0 Å². The highest BCUT2D eigenvalue weighted by Crippen LogP contribution is 2.44. The second-order valence-corrected chi connectivity index (χ2v) is 19.2. The Hall–Kier alpha value is -0.580. The number of nitrogens with two attached hydrogens (primary N) is 2. The van der Waals surface area contributed by atoms with E-state index in [1.54, 1.807) is 0 Å². The molecule has 1 unspecified atom stereocenters. The number of rotatable bonds is 25. The van der Waals surface area contributed by atoms with Crippen molar-refractivity contribution < 1.29 is 137 Å². The Morgan fingerprint density at radius 3 is 1.50 bits per heavy atom. The first kappa shape index (κ1) is 60.3. The van der Waals surface area contributed by atoms with Crippen molar-refractivity contribution in [1.29, 1.82) is 0 Å². The molecule has 70 heavy (non-hydrogen) atoms. The van der Waals surface area contributed by atoms with Crippen molar-refractivity contribution in [3.63, 3.8) is 0 Å². The van der Waals surface area contributed by atoms with Crippen LogP contribution in [-0.2, 0) is 61.0 Å². The molecule has 32 heteroatoms. The van der Waals surface area contributed by atoms with Crippen molar-refractivity contribution in [2.24, 2.45) is 11.5 Å². The summed E-state index contributed by atoms with van der Waals surface area (Å²) in [4.78, 5) is 10.1. The first-order chi connectivity index (χ1) is 33.2. The zero-order valence-corrected chi connectivity index (χ0v) is 39.5. The van der Waals surface area contributed by atoms with Gasteiger partial charge < -0.3 is 135 Å². The molecule has 0 aromatic carbocycles. The highest BCUT2D eigenvalue weighted by atomic mass is 32.1. The van der Waals surface area contributed by atoms with Crippen LogP contribution in [0.25, 0.3) is 0 Å². The van der Waals surface area contributed by atoms with Crippen LogP contribution in [0.3, 0.4) is 0 Å². The maximum atomic E-state index is 12.5. The first-order valence-corrected chi connectivity index (χ1v) is 24.8. The fourth-order valence-electron chi connectivity index (χ4n) is 8.18. The van der Waals surface area contributed by atoms with E-state index in [0.29, 0.717) is 6.42 Å². The molecule has 0 spiro atoms. The Labute approximate surface area is 406 Å². The molecule has 0 aromatic rings. The van der Waals surface area contributed by atoms with E-state index < -0.39 is 201 Å². The van der Waals surface area contributed by atoms with Gasteiger partial charge in [0.05, 0.1) is 45.7 Å². The topological polar surface area (TPSA) is 483 Å². The van der Waals surface area contributed by atoms with Crippen molar-refractivity contribution in [2.75, 3.05) is 58.5 Å². The molecule has 5 aliphatic rings. The van der Waals surface area contributed by atoms with Gasteiger partial charge in [0.15, 0.2) is 31.5 Å². The molecule has 5 rings (SSSR count). The van der Waals surface area contributed by atoms with E-state index in [2.05, 4.69) is 17.2 Å². The highest BCUT2D eigenvalue weighted by Gasteiger charge is 2.56. The molecule has 0 aromatic heterocycles. The second-order valence-electron chi connectivity index (χ2n) is 17.3. The summed E-state index contributed by atoms with van der Waals surface area (Å²) in [7, 11) is -4.87. The summed E-state index contributed by atoms with van der Waals surface area (Å²) in [6.07, 6.45) is -41.6. The van der Waals surface area contributed by atoms with Crippen molar-refractivity contribution in [3.8, 4) is 0 Å². The largest absolute Gasteiger partial charge is 0.472 e. The van der Waals surface area contributed by atoms with E-state index in [9.17, 15) is 80.9 Å². The maximum Gasteiger partial charge on any atom is 0.472 e. The molecule has 26 atom stereocenters. The number of phosphoric acid groups is 1. The number of aliphatic hydroxyl groups excluding tert-OH is 14. The number of hydrogen-bond acceptors (Lipinski definition) is 30. The molecule has 0 aliphatic carbocycles. The lowest BCUT2D eigenvalue weighted by atomic mass is 9.96. The van der Waals surface area contributed by atoms with Gasteiger partial charge in [-0.1, -0.05) is 12.8 Å². The van der Waals surface area contributed by atoms with Crippen LogP contribution in [0.4, 0.5) is 0 Å². The SMILES string of the molecule is NCCOP(=O)(O)OC[C@H]1O[C@H](O[C@@H]2[C@@H](OC[C@H]3O[C@H](O[C@H]4[C@H](O)[C@@H](N)[C@H](OCCCCCCS)O[C@@H]4CO)[C@@H](O)[C@@H](O)[C@@H]3O)O[C@H](CO)[C@@H](O)[C@@H]2O)[C@@H](O[C@H]2O[C@H](CO)[C@@H](O)[C@H](O)[C@@H]2O)[C@@H](O)[C@@H]1O. The van der Waals surface area contributed by atoms with Gasteiger partial charge in [-0.3, -0.25) is 9.05 Å². The molecule has 5 fully saturated rings. The predicted octanol–water partition coefficient (Wildman–Crippen LogP) is -9.34. The third-order valence-corrected chi connectivity index (χ3v) is 13.6. The summed E-state index contributed by atoms with van der Waals surface area (Å²) in [5.74, 6) is 0.734. The van der Waals surface area contributed by atoms with E-state index in [-0.39, 0.29) is 13.2 Å². The lowest BCUT2D eigenvalue weighted by Crippen LogP contribution is -2.67. The minimum Gasteiger partial charge on any atom is -0.394 e. The van der Waals surface area contributed by atoms with E-state index in [4.69, 9.17) is 63.4 Å². The molecule has 19 N–H and O–H groups in total. The maximum absolute atomic E-state index is 12.5. The molecule has 30 nitrogen and oxygen atoms in total. The van der Waals surface area contributed by atoms with Crippen LogP contribution in [0, 0.1) is 0 Å². The number of phosphoric ester groups is 1. The van der Waals surface area contributed by atoms with Gasteiger partial charge in [0.2, 0.25) is 0 Å². The van der Waals surface area contributed by atoms with Gasteiger partial charge in [-0.05, 0) is 18.6 Å². The van der Waals surface area contributed by atoms with Crippen LogP contribution >= 0.6 is 20.5 Å². The minimum atomic E-state index is -4.87. The molecule has 0 radical (unpaired) electrons. The third-order valence-electron chi connectivity index (χ3n) is 12.3. The van der Waals surface area contributed by atoms with Gasteiger partial charge in [-0.2, -0.15) is 12.6 Å². The fraction of sp³-hybridized carbons (Fsp3) is 1.00. The summed E-state index contributed by atoms with van der Waals surface area (Å²) in [5.41, 5.74) is 11.5. The first-order valence-electron chi connectivity index (χ1n) is 22.7. The Morgan fingerprint density at radius 1 is 0.457 bits per heavy atom. The Morgan fingerprint density at radius 2 is 0.914 bits per heavy atom. The Balaban J connectivity index is 1.34. The summed E-state index contributed by atoms with van der Waals surface area (Å²) in [5, 5.41) is 150. The number of hydrogen-bond donors (Lipinski definition) is 18. The standard InChI is InChI=1S/C38H71N2O28PS/c39-5-7-59-69(55,56)60-13-18-23(47)28(52)33(67-35-29(53)25(49)20(44)14(9-41)61-35)38(65-18)68-32-27(51)21(45)15(10-42)62-37(32)58-12-17-22(46)26(50)30(54)36(64-17)66-31-16(11-43)63-34(19(40)24(31)48)57-6-3-1-2-4-8-70/h14-38,41-54,70H,1-13,39-40H2,(H,55,56)/t14-,15-,16-,17-,18-,19-,20-,21-,22-,23-,24-,25+,26+,27+,28+,29+,30+,31-,32+,33+,34-,35-,36-,37+,38-/m1/s1. The molecular weight excluding hydrogens is 995 g/mol. The van der Waals surface area contributed by atoms with Crippen molar-refractivity contribution in [3.05, 3.63) is 0 Å². The van der Waals surface area contributed by atoms with Crippen LogP contribution in [0.5, 0.6) is 0 Å². The molecule has 0 bridgehead atoms. The van der Waals surface area contributed by atoms with E-state index in [1.165, 1.54) is 0 Å². The summed E-state index contributed by atoms with van der Waals surface area (Å²) in [6, 6.07) is -1.24. The van der Waals surface area contributed by atoms with Gasteiger partial charge in [0, 0.05) is 13.2 Å². The van der Waals surface area contributed by atoms with E-state index >= 15 is 0 Å². The lowest BCUT2D eigenvalue weighted by molar-refractivity contribution is -0.396. The second kappa shape index (κ2) is 28.0. The van der Waals surface area contributed by atoms with Crippen molar-refractivity contribution in [2.45, 2.75) is 179 Å². The molecule has 412 valence electrons. The zero-order chi connectivity index (χ0) is 51.6. The smallest absolute Gasteiger partial charge is 0.394 e. The van der Waals surface area contributed by atoms with E-state index in [1.807, 2.05) is 0 Å². The van der Waals surface area contributed by atoms with Gasteiger partial charge in [-0.15, -0.1) is 0 Å².